The van der Waals surface area contributed by atoms with Crippen LogP contribution in [0.15, 0.2) is 22.7 Å². The second kappa shape index (κ2) is 8.16. The van der Waals surface area contributed by atoms with Gasteiger partial charge < -0.3 is 15.0 Å². The summed E-state index contributed by atoms with van der Waals surface area (Å²) in [4.78, 5) is 2.29. The maximum atomic E-state index is 5.75. The summed E-state index contributed by atoms with van der Waals surface area (Å²) in [6.07, 6.45) is 2.71. The summed E-state index contributed by atoms with van der Waals surface area (Å²) in [5.41, 5.74) is 2.61. The molecule has 118 valence electrons. The van der Waals surface area contributed by atoms with Crippen LogP contribution in [0.4, 0.5) is 5.69 Å². The molecule has 21 heavy (non-hydrogen) atoms. The molecule has 0 aliphatic heterocycles. The van der Waals surface area contributed by atoms with E-state index in [0.29, 0.717) is 6.04 Å². The van der Waals surface area contributed by atoms with Crippen molar-refractivity contribution in [2.45, 2.75) is 32.7 Å². The summed E-state index contributed by atoms with van der Waals surface area (Å²) in [7, 11) is 2.14. The molecule has 0 saturated heterocycles. The van der Waals surface area contributed by atoms with E-state index < -0.39 is 0 Å². The average molecular weight is 355 g/mol. The van der Waals surface area contributed by atoms with Crippen molar-refractivity contribution in [1.29, 1.82) is 0 Å². The lowest BCUT2D eigenvalue weighted by Crippen LogP contribution is -2.26. The lowest BCUT2D eigenvalue weighted by atomic mass is 10.1. The molecule has 1 aromatic rings. The van der Waals surface area contributed by atoms with Crippen LogP contribution in [0.5, 0.6) is 0 Å². The topological polar surface area (TPSA) is 24.5 Å². The number of hydrogen-bond donors (Lipinski definition) is 1. The summed E-state index contributed by atoms with van der Waals surface area (Å²) in [6.45, 7) is 8.00. The van der Waals surface area contributed by atoms with Gasteiger partial charge in [-0.25, -0.2) is 0 Å². The Morgan fingerprint density at radius 2 is 2.19 bits per heavy atom. The molecule has 1 unspecified atom stereocenters. The van der Waals surface area contributed by atoms with Gasteiger partial charge in [-0.1, -0.05) is 22.9 Å². The van der Waals surface area contributed by atoms with Gasteiger partial charge in [0.1, 0.15) is 0 Å². The zero-order chi connectivity index (χ0) is 15.2. The summed E-state index contributed by atoms with van der Waals surface area (Å²) in [5, 5.41) is 3.50. The molecule has 1 saturated carbocycles. The largest absolute Gasteiger partial charge is 0.379 e. The third-order valence-corrected chi connectivity index (χ3v) is 4.49. The molecule has 0 aromatic heterocycles. The molecule has 1 aromatic carbocycles. The van der Waals surface area contributed by atoms with Crippen molar-refractivity contribution in [3.05, 3.63) is 28.2 Å². The molecule has 0 heterocycles. The standard InChI is InChI=1S/C17H27BrN2O/c1-4-19-13(2)16-11-15(18)7-8-17(16)20(3)9-10-21-12-14-5-6-14/h7-8,11,13-14,19H,4-6,9-10,12H2,1-3H3. The van der Waals surface area contributed by atoms with Gasteiger partial charge in [-0.05, 0) is 56.0 Å². The summed E-state index contributed by atoms with van der Waals surface area (Å²) >= 11 is 3.58. The second-order valence-electron chi connectivity index (χ2n) is 5.92. The Hall–Kier alpha value is -0.580. The third-order valence-electron chi connectivity index (χ3n) is 4.00. The SMILES string of the molecule is CCNC(C)c1cc(Br)ccc1N(C)CCOCC1CC1. The number of rotatable bonds is 9. The van der Waals surface area contributed by atoms with Gasteiger partial charge in [0.25, 0.3) is 0 Å². The van der Waals surface area contributed by atoms with Crippen LogP contribution in [-0.2, 0) is 4.74 Å². The Balaban J connectivity index is 1.95. The first-order valence-electron chi connectivity index (χ1n) is 7.93. The highest BCUT2D eigenvalue weighted by Crippen LogP contribution is 2.30. The van der Waals surface area contributed by atoms with Crippen LogP contribution < -0.4 is 10.2 Å². The normalized spacial score (nSPS) is 16.0. The molecule has 0 radical (unpaired) electrons. The minimum absolute atomic E-state index is 0.345. The van der Waals surface area contributed by atoms with Crippen LogP contribution in [0, 0.1) is 5.92 Å². The predicted octanol–water partition coefficient (Wildman–Crippen LogP) is 3.98. The monoisotopic (exact) mass is 354 g/mol. The van der Waals surface area contributed by atoms with E-state index in [4.69, 9.17) is 4.74 Å². The number of anilines is 1. The van der Waals surface area contributed by atoms with E-state index in [-0.39, 0.29) is 0 Å². The number of likely N-dealkylation sites (N-methyl/N-ethyl adjacent to an activating group) is 1. The first-order chi connectivity index (χ1) is 10.1. The zero-order valence-corrected chi connectivity index (χ0v) is 14.9. The number of benzene rings is 1. The van der Waals surface area contributed by atoms with Gasteiger partial charge in [0, 0.05) is 36.4 Å². The highest BCUT2D eigenvalue weighted by atomic mass is 79.9. The molecule has 1 aliphatic rings. The fourth-order valence-electron chi connectivity index (χ4n) is 2.49. The maximum Gasteiger partial charge on any atom is 0.0641 e. The van der Waals surface area contributed by atoms with Crippen LogP contribution in [0.2, 0.25) is 0 Å². The van der Waals surface area contributed by atoms with E-state index in [9.17, 15) is 0 Å². The molecule has 0 spiro atoms. The van der Waals surface area contributed by atoms with Gasteiger partial charge in [0.15, 0.2) is 0 Å². The molecule has 3 nitrogen and oxygen atoms in total. The Labute approximate surface area is 137 Å². The van der Waals surface area contributed by atoms with E-state index in [1.165, 1.54) is 24.1 Å². The van der Waals surface area contributed by atoms with Crippen molar-refractivity contribution in [3.63, 3.8) is 0 Å². The first kappa shape index (κ1) is 16.8. The molecule has 1 aliphatic carbocycles. The molecule has 2 rings (SSSR count). The second-order valence-corrected chi connectivity index (χ2v) is 6.84. The van der Waals surface area contributed by atoms with Gasteiger partial charge in [0.05, 0.1) is 6.61 Å². The first-order valence-corrected chi connectivity index (χ1v) is 8.72. The quantitative estimate of drug-likeness (QED) is 0.678. The van der Waals surface area contributed by atoms with Crippen LogP contribution in [-0.4, -0.2) is 33.4 Å². The smallest absolute Gasteiger partial charge is 0.0641 e. The molecule has 1 N–H and O–H groups in total. The Kier molecular flexibility index (Phi) is 6.52. The Morgan fingerprint density at radius 3 is 2.86 bits per heavy atom. The number of ether oxygens (including phenoxy) is 1. The van der Waals surface area contributed by atoms with Crippen LogP contribution >= 0.6 is 15.9 Å². The minimum atomic E-state index is 0.345. The summed E-state index contributed by atoms with van der Waals surface area (Å²) in [5.74, 6) is 0.840. The number of nitrogens with one attached hydrogen (secondary N) is 1. The number of halogens is 1. The Bertz CT molecular complexity index is 448. The van der Waals surface area contributed by atoms with Crippen LogP contribution in [0.3, 0.4) is 0 Å². The lowest BCUT2D eigenvalue weighted by molar-refractivity contribution is 0.131. The highest BCUT2D eigenvalue weighted by Gasteiger charge is 2.21. The van der Waals surface area contributed by atoms with Crippen molar-refractivity contribution >= 4 is 21.6 Å². The molecular formula is C17H27BrN2O. The molecule has 4 heteroatoms. The van der Waals surface area contributed by atoms with Crippen molar-refractivity contribution in [1.82, 2.24) is 5.32 Å². The molecule has 1 fully saturated rings. The van der Waals surface area contributed by atoms with Gasteiger partial charge in [-0.15, -0.1) is 0 Å². The van der Waals surface area contributed by atoms with E-state index in [0.717, 1.165) is 36.7 Å². The maximum absolute atomic E-state index is 5.75. The van der Waals surface area contributed by atoms with E-state index >= 15 is 0 Å². The average Bonchev–Trinajstić information content (AvgIpc) is 3.27. The number of hydrogen-bond acceptors (Lipinski definition) is 3. The minimum Gasteiger partial charge on any atom is -0.379 e. The molecular weight excluding hydrogens is 328 g/mol. The fraction of sp³-hybridized carbons (Fsp3) is 0.647. The lowest BCUT2D eigenvalue weighted by Gasteiger charge is -2.26. The summed E-state index contributed by atoms with van der Waals surface area (Å²) < 4.78 is 6.88. The van der Waals surface area contributed by atoms with Crippen molar-refractivity contribution in [2.24, 2.45) is 5.92 Å². The van der Waals surface area contributed by atoms with Gasteiger partial charge in [-0.2, -0.15) is 0 Å². The molecule has 0 bridgehead atoms. The number of nitrogens with zero attached hydrogens (tertiary/aromatic N) is 1. The van der Waals surface area contributed by atoms with Gasteiger partial charge >= 0.3 is 0 Å². The predicted molar refractivity (Wildman–Crippen MR) is 93.0 cm³/mol. The van der Waals surface area contributed by atoms with E-state index in [1.807, 2.05) is 0 Å². The molecule has 1 atom stereocenters. The van der Waals surface area contributed by atoms with Crippen molar-refractivity contribution in [3.8, 4) is 0 Å². The van der Waals surface area contributed by atoms with E-state index in [1.54, 1.807) is 0 Å². The third kappa shape index (κ3) is 5.28. The molecule has 0 amide bonds. The van der Waals surface area contributed by atoms with E-state index in [2.05, 4.69) is 65.2 Å². The summed E-state index contributed by atoms with van der Waals surface area (Å²) in [6, 6.07) is 6.86. The highest BCUT2D eigenvalue weighted by molar-refractivity contribution is 9.10. The van der Waals surface area contributed by atoms with Crippen molar-refractivity contribution < 1.29 is 4.74 Å². The van der Waals surface area contributed by atoms with Gasteiger partial charge in [0.2, 0.25) is 0 Å². The van der Waals surface area contributed by atoms with Gasteiger partial charge in [-0.3, -0.25) is 0 Å². The van der Waals surface area contributed by atoms with Crippen molar-refractivity contribution in [2.75, 3.05) is 38.3 Å². The zero-order valence-electron chi connectivity index (χ0n) is 13.4. The van der Waals surface area contributed by atoms with Crippen LogP contribution in [0.25, 0.3) is 0 Å². The fourth-order valence-corrected chi connectivity index (χ4v) is 2.87. The Morgan fingerprint density at radius 1 is 1.43 bits per heavy atom. The van der Waals surface area contributed by atoms with Crippen LogP contribution in [0.1, 0.15) is 38.3 Å².